The van der Waals surface area contributed by atoms with Gasteiger partial charge in [0, 0.05) is 45.7 Å². The van der Waals surface area contributed by atoms with Crippen LogP contribution in [0.4, 0.5) is 0 Å². The molecular weight excluding hydrogens is 416 g/mol. The Balaban J connectivity index is 1.72. The average molecular weight is 431 g/mol. The number of hydrogen-bond donors (Lipinski definition) is 0. The van der Waals surface area contributed by atoms with Crippen LogP contribution in [0, 0.1) is 0 Å². The van der Waals surface area contributed by atoms with Gasteiger partial charge in [0.1, 0.15) is 5.58 Å². The van der Waals surface area contributed by atoms with Crippen LogP contribution < -0.4 is 0 Å². The van der Waals surface area contributed by atoms with Gasteiger partial charge in [-0.15, -0.1) is 22.7 Å². The van der Waals surface area contributed by atoms with Crippen LogP contribution in [-0.2, 0) is 0 Å². The van der Waals surface area contributed by atoms with Crippen molar-refractivity contribution >= 4 is 95.5 Å². The Bertz CT molecular complexity index is 2000. The fourth-order valence-corrected chi connectivity index (χ4v) is 7.98. The average Bonchev–Trinajstić information content (AvgIpc) is 3.53. The predicted octanol–water partition coefficient (Wildman–Crippen LogP) is 9.47. The molecule has 0 fully saturated rings. The van der Waals surface area contributed by atoms with Gasteiger partial charge >= 0.3 is 0 Å². The second-order valence-corrected chi connectivity index (χ2v) is 10.1. The number of fused-ring (bicyclic) bond motifs is 14. The molecule has 1 nitrogen and oxygen atoms in total. The summed E-state index contributed by atoms with van der Waals surface area (Å²) >= 11 is 3.81. The van der Waals surface area contributed by atoms with Crippen molar-refractivity contribution in [2.24, 2.45) is 0 Å². The minimum atomic E-state index is 1.01. The molecule has 0 saturated carbocycles. The van der Waals surface area contributed by atoms with Crippen LogP contribution in [0.2, 0.25) is 0 Å². The molecule has 0 aliphatic carbocycles. The van der Waals surface area contributed by atoms with Crippen LogP contribution in [-0.4, -0.2) is 0 Å². The number of rotatable bonds is 0. The molecule has 0 spiro atoms. The van der Waals surface area contributed by atoms with E-state index in [-0.39, 0.29) is 0 Å². The smallest absolute Gasteiger partial charge is 0.144 e. The van der Waals surface area contributed by atoms with Crippen molar-refractivity contribution < 1.29 is 4.42 Å². The quantitative estimate of drug-likeness (QED) is 0.233. The third-order valence-electron chi connectivity index (χ3n) is 6.52. The SMILES string of the molecule is c1ccc2c(c1)ccc1c2sc2c1c1occc1c1sc3c4ccccc4ccc3c12. The van der Waals surface area contributed by atoms with Crippen LogP contribution in [0.25, 0.3) is 72.9 Å². The maximum absolute atomic E-state index is 6.11. The van der Waals surface area contributed by atoms with E-state index in [1.54, 1.807) is 0 Å². The first-order chi connectivity index (χ1) is 15.4. The Morgan fingerprint density at radius 2 is 1.06 bits per heavy atom. The van der Waals surface area contributed by atoms with Crippen molar-refractivity contribution in [2.75, 3.05) is 0 Å². The molecule has 0 radical (unpaired) electrons. The van der Waals surface area contributed by atoms with Gasteiger partial charge in [0.15, 0.2) is 0 Å². The molecule has 8 rings (SSSR count). The summed E-state index contributed by atoms with van der Waals surface area (Å²) in [5, 5.41) is 11.7. The van der Waals surface area contributed by atoms with Crippen LogP contribution in [0.5, 0.6) is 0 Å². The van der Waals surface area contributed by atoms with Gasteiger partial charge in [0.25, 0.3) is 0 Å². The summed E-state index contributed by atoms with van der Waals surface area (Å²) in [6, 6.07) is 28.6. The summed E-state index contributed by atoms with van der Waals surface area (Å²) in [4.78, 5) is 0. The molecule has 0 N–H and O–H groups in total. The molecule has 0 amide bonds. The Kier molecular flexibility index (Phi) is 2.97. The third-order valence-corrected chi connectivity index (χ3v) is 9.05. The van der Waals surface area contributed by atoms with E-state index in [0.717, 1.165) is 5.58 Å². The van der Waals surface area contributed by atoms with Crippen molar-refractivity contribution in [1.29, 1.82) is 0 Å². The Morgan fingerprint density at radius 1 is 0.452 bits per heavy atom. The molecule has 0 saturated heterocycles. The Labute approximate surface area is 184 Å². The van der Waals surface area contributed by atoms with E-state index < -0.39 is 0 Å². The molecule has 0 atom stereocenters. The first-order valence-corrected chi connectivity index (χ1v) is 12.0. The van der Waals surface area contributed by atoms with Gasteiger partial charge in [-0.2, -0.15) is 0 Å². The van der Waals surface area contributed by atoms with E-state index in [4.69, 9.17) is 4.42 Å². The van der Waals surface area contributed by atoms with Crippen LogP contribution >= 0.6 is 22.7 Å². The molecule has 8 aromatic rings. The second-order valence-electron chi connectivity index (χ2n) is 8.10. The molecule has 5 aromatic carbocycles. The third kappa shape index (κ3) is 1.96. The summed E-state index contributed by atoms with van der Waals surface area (Å²) in [5.41, 5.74) is 1.01. The van der Waals surface area contributed by atoms with Gasteiger partial charge < -0.3 is 4.42 Å². The minimum absolute atomic E-state index is 1.01. The molecule has 31 heavy (non-hydrogen) atoms. The fraction of sp³-hybridized carbons (Fsp3) is 0. The van der Waals surface area contributed by atoms with Crippen LogP contribution in [0.3, 0.4) is 0 Å². The number of hydrogen-bond acceptors (Lipinski definition) is 3. The number of benzene rings is 5. The second kappa shape index (κ2) is 5.64. The van der Waals surface area contributed by atoms with Crippen molar-refractivity contribution in [3.8, 4) is 0 Å². The lowest BCUT2D eigenvalue weighted by Crippen LogP contribution is -1.74. The van der Waals surface area contributed by atoms with Crippen molar-refractivity contribution in [3.63, 3.8) is 0 Å². The highest BCUT2D eigenvalue weighted by Crippen LogP contribution is 2.51. The maximum Gasteiger partial charge on any atom is 0.144 e. The van der Waals surface area contributed by atoms with E-state index in [0.29, 0.717) is 0 Å². The summed E-state index contributed by atoms with van der Waals surface area (Å²) in [6.45, 7) is 0. The van der Waals surface area contributed by atoms with Gasteiger partial charge in [0.05, 0.1) is 6.26 Å². The molecule has 0 unspecified atom stereocenters. The van der Waals surface area contributed by atoms with E-state index in [2.05, 4.69) is 78.9 Å². The first-order valence-electron chi connectivity index (χ1n) is 10.4. The summed E-state index contributed by atoms with van der Waals surface area (Å²) in [7, 11) is 0. The van der Waals surface area contributed by atoms with Gasteiger partial charge in [-0.25, -0.2) is 0 Å². The molecular formula is C28H14OS2. The van der Waals surface area contributed by atoms with Gasteiger partial charge in [-0.05, 0) is 27.6 Å². The van der Waals surface area contributed by atoms with E-state index in [1.165, 1.54) is 67.3 Å². The minimum Gasteiger partial charge on any atom is -0.464 e. The molecule has 144 valence electrons. The fourth-order valence-electron chi connectivity index (χ4n) is 5.15. The van der Waals surface area contributed by atoms with Gasteiger partial charge in [-0.1, -0.05) is 72.8 Å². The lowest BCUT2D eigenvalue weighted by atomic mass is 10.0. The standard InChI is InChI=1S/C28H14OS2/c1-3-7-17-15(5-1)9-11-19-22-24-21(13-14-29-24)27-23(28(22)31-25(17)19)20-12-10-16-6-2-4-8-18(16)26(20)30-27/h1-14H. The first kappa shape index (κ1) is 16.3. The van der Waals surface area contributed by atoms with Gasteiger partial charge in [-0.3, -0.25) is 0 Å². The van der Waals surface area contributed by atoms with Crippen LogP contribution in [0.1, 0.15) is 0 Å². The summed E-state index contributed by atoms with van der Waals surface area (Å²) in [6.07, 6.45) is 1.84. The zero-order valence-corrected chi connectivity index (χ0v) is 17.9. The molecule has 3 heteroatoms. The topological polar surface area (TPSA) is 13.1 Å². The molecule has 0 bridgehead atoms. The highest BCUT2D eigenvalue weighted by atomic mass is 32.1. The maximum atomic E-state index is 6.11. The molecule has 0 aliphatic rings. The normalized spacial score (nSPS) is 12.5. The Morgan fingerprint density at radius 3 is 1.77 bits per heavy atom. The lowest BCUT2D eigenvalue weighted by Gasteiger charge is -2.00. The monoisotopic (exact) mass is 430 g/mol. The number of thiophene rings is 2. The van der Waals surface area contributed by atoms with Gasteiger partial charge in [0.2, 0.25) is 0 Å². The van der Waals surface area contributed by atoms with E-state index in [9.17, 15) is 0 Å². The number of furan rings is 1. The summed E-state index contributed by atoms with van der Waals surface area (Å²) in [5.74, 6) is 0. The molecule has 3 aromatic heterocycles. The van der Waals surface area contributed by atoms with Crippen molar-refractivity contribution in [3.05, 3.63) is 85.1 Å². The zero-order chi connectivity index (χ0) is 20.1. The van der Waals surface area contributed by atoms with Crippen molar-refractivity contribution in [2.45, 2.75) is 0 Å². The molecule has 3 heterocycles. The van der Waals surface area contributed by atoms with Crippen LogP contribution in [0.15, 0.2) is 89.5 Å². The zero-order valence-electron chi connectivity index (χ0n) is 16.3. The highest BCUT2D eigenvalue weighted by Gasteiger charge is 2.21. The van der Waals surface area contributed by atoms with Crippen molar-refractivity contribution in [1.82, 2.24) is 0 Å². The summed E-state index contributed by atoms with van der Waals surface area (Å²) < 4.78 is 11.5. The predicted molar refractivity (Wildman–Crippen MR) is 137 cm³/mol. The lowest BCUT2D eigenvalue weighted by molar-refractivity contribution is 0.619. The Hall–Kier alpha value is -3.40. The van der Waals surface area contributed by atoms with E-state index >= 15 is 0 Å². The van der Waals surface area contributed by atoms with E-state index in [1.807, 2.05) is 28.9 Å². The highest BCUT2D eigenvalue weighted by molar-refractivity contribution is 7.31. The molecule has 0 aliphatic heterocycles. The largest absolute Gasteiger partial charge is 0.464 e.